The molecule has 0 aromatic carbocycles. The number of rotatable bonds is 1. The van der Waals surface area contributed by atoms with Gasteiger partial charge in [0.2, 0.25) is 5.91 Å². The molecule has 3 heterocycles. The van der Waals surface area contributed by atoms with Crippen LogP contribution < -0.4 is 10.6 Å². The van der Waals surface area contributed by atoms with Gasteiger partial charge in [-0.15, -0.1) is 0 Å². The molecule has 2 saturated heterocycles. The molecule has 0 spiro atoms. The fraction of sp³-hybridized carbons (Fsp3) is 0.417. The van der Waals surface area contributed by atoms with Gasteiger partial charge < -0.3 is 15.7 Å². The Balaban J connectivity index is 1.89. The average Bonchev–Trinajstić information content (AvgIpc) is 2.73. The van der Waals surface area contributed by atoms with Gasteiger partial charge in [-0.3, -0.25) is 9.69 Å². The predicted octanol–water partition coefficient (Wildman–Crippen LogP) is 0.521. The second kappa shape index (κ2) is 4.11. The van der Waals surface area contributed by atoms with Crippen LogP contribution in [0.2, 0.25) is 0 Å². The van der Waals surface area contributed by atoms with Crippen LogP contribution in [0.3, 0.4) is 0 Å². The van der Waals surface area contributed by atoms with Crippen LogP contribution in [0.25, 0.3) is 0 Å². The molecule has 3 N–H and O–H groups in total. The minimum Gasteiger partial charge on any atom is -0.465 e. The summed E-state index contributed by atoms with van der Waals surface area (Å²) in [6, 6.07) is 2.68. The first kappa shape index (κ1) is 11.8. The normalized spacial score (nSPS) is 25.8. The number of carbonyl (C=O) groups is 2. The SMILES string of the molecule is Nc1ccc(N2CC3CCC(C2=O)N3C(=O)O)cn1. The number of nitrogens with two attached hydrogens (primary N) is 1. The Labute approximate surface area is 109 Å². The van der Waals surface area contributed by atoms with E-state index in [1.165, 1.54) is 4.90 Å². The monoisotopic (exact) mass is 262 g/mol. The maximum absolute atomic E-state index is 12.3. The highest BCUT2D eigenvalue weighted by Gasteiger charge is 2.48. The molecule has 1 aromatic rings. The minimum atomic E-state index is -1.02. The third-order valence-electron chi connectivity index (χ3n) is 3.75. The summed E-state index contributed by atoms with van der Waals surface area (Å²) in [5, 5.41) is 9.16. The molecule has 100 valence electrons. The van der Waals surface area contributed by atoms with Crippen LogP contribution in [-0.2, 0) is 4.79 Å². The standard InChI is InChI=1S/C12H14N4O3/c13-10-4-2-7(5-14-10)15-6-8-1-3-9(11(15)17)16(8)12(18)19/h2,4-5,8-9H,1,3,6H2,(H2,13,14)(H,18,19). The van der Waals surface area contributed by atoms with E-state index in [-0.39, 0.29) is 11.9 Å². The number of anilines is 2. The van der Waals surface area contributed by atoms with Gasteiger partial charge >= 0.3 is 6.09 Å². The molecule has 3 rings (SSSR count). The van der Waals surface area contributed by atoms with Crippen molar-refractivity contribution in [3.05, 3.63) is 18.3 Å². The number of nitrogens with zero attached hydrogens (tertiary/aromatic N) is 3. The highest BCUT2D eigenvalue weighted by molar-refractivity contribution is 6.00. The van der Waals surface area contributed by atoms with Crippen LogP contribution in [0, 0.1) is 0 Å². The molecule has 1 aromatic heterocycles. The molecule has 0 aliphatic carbocycles. The summed E-state index contributed by atoms with van der Waals surface area (Å²) in [5.41, 5.74) is 6.19. The number of hydrogen-bond donors (Lipinski definition) is 2. The number of carboxylic acid groups (broad SMARTS) is 1. The van der Waals surface area contributed by atoms with E-state index >= 15 is 0 Å². The Morgan fingerprint density at radius 2 is 2.21 bits per heavy atom. The first-order valence-corrected chi connectivity index (χ1v) is 6.12. The molecule has 2 atom stereocenters. The zero-order valence-corrected chi connectivity index (χ0v) is 10.2. The van der Waals surface area contributed by atoms with Crippen molar-refractivity contribution >= 4 is 23.5 Å². The fourth-order valence-electron chi connectivity index (χ4n) is 2.86. The summed E-state index contributed by atoms with van der Waals surface area (Å²) in [7, 11) is 0. The Morgan fingerprint density at radius 1 is 1.42 bits per heavy atom. The van der Waals surface area contributed by atoms with Gasteiger partial charge in [0, 0.05) is 6.54 Å². The lowest BCUT2D eigenvalue weighted by atomic mass is 10.1. The number of aromatic nitrogens is 1. The summed E-state index contributed by atoms with van der Waals surface area (Å²) in [6.45, 7) is 0.382. The van der Waals surface area contributed by atoms with E-state index in [1.54, 1.807) is 23.2 Å². The van der Waals surface area contributed by atoms with E-state index in [4.69, 9.17) is 10.8 Å². The van der Waals surface area contributed by atoms with Crippen LogP contribution in [-0.4, -0.2) is 45.6 Å². The zero-order chi connectivity index (χ0) is 13.6. The Kier molecular flexibility index (Phi) is 2.55. The fourth-order valence-corrected chi connectivity index (χ4v) is 2.86. The number of carbonyl (C=O) groups excluding carboxylic acids is 1. The maximum Gasteiger partial charge on any atom is 0.408 e. The van der Waals surface area contributed by atoms with Crippen molar-refractivity contribution in [2.24, 2.45) is 0 Å². The van der Waals surface area contributed by atoms with Crippen molar-refractivity contribution in [1.82, 2.24) is 9.88 Å². The Morgan fingerprint density at radius 3 is 2.84 bits per heavy atom. The van der Waals surface area contributed by atoms with E-state index < -0.39 is 12.1 Å². The van der Waals surface area contributed by atoms with Gasteiger partial charge in [-0.2, -0.15) is 0 Å². The average molecular weight is 262 g/mol. The summed E-state index contributed by atoms with van der Waals surface area (Å²) in [4.78, 5) is 30.4. The summed E-state index contributed by atoms with van der Waals surface area (Å²) < 4.78 is 0. The van der Waals surface area contributed by atoms with E-state index in [0.717, 1.165) is 6.42 Å². The lowest BCUT2D eigenvalue weighted by Gasteiger charge is -2.38. The third-order valence-corrected chi connectivity index (χ3v) is 3.75. The largest absolute Gasteiger partial charge is 0.465 e. The molecule has 2 amide bonds. The van der Waals surface area contributed by atoms with E-state index in [0.29, 0.717) is 24.5 Å². The number of amides is 2. The van der Waals surface area contributed by atoms with Crippen LogP contribution in [0.1, 0.15) is 12.8 Å². The van der Waals surface area contributed by atoms with Crippen molar-refractivity contribution in [3.8, 4) is 0 Å². The summed E-state index contributed by atoms with van der Waals surface area (Å²) in [6.07, 6.45) is 1.84. The molecule has 2 fully saturated rings. The molecule has 2 aliphatic heterocycles. The second-order valence-electron chi connectivity index (χ2n) is 4.83. The molecular weight excluding hydrogens is 248 g/mol. The molecule has 2 bridgehead atoms. The van der Waals surface area contributed by atoms with Crippen molar-refractivity contribution < 1.29 is 14.7 Å². The molecule has 7 heteroatoms. The van der Waals surface area contributed by atoms with Gasteiger partial charge in [0.25, 0.3) is 0 Å². The summed E-state index contributed by atoms with van der Waals surface area (Å²) in [5.74, 6) is 0.214. The van der Waals surface area contributed by atoms with Crippen LogP contribution in [0.15, 0.2) is 18.3 Å². The maximum atomic E-state index is 12.3. The molecule has 2 aliphatic rings. The molecule has 7 nitrogen and oxygen atoms in total. The highest BCUT2D eigenvalue weighted by atomic mass is 16.4. The van der Waals surface area contributed by atoms with Crippen LogP contribution in [0.4, 0.5) is 16.3 Å². The first-order valence-electron chi connectivity index (χ1n) is 6.12. The molecular formula is C12H14N4O3. The number of hydrogen-bond acceptors (Lipinski definition) is 4. The Bertz CT molecular complexity index is 530. The molecule has 19 heavy (non-hydrogen) atoms. The molecule has 2 unspecified atom stereocenters. The van der Waals surface area contributed by atoms with Gasteiger partial charge in [0.1, 0.15) is 11.9 Å². The van der Waals surface area contributed by atoms with Gasteiger partial charge in [-0.1, -0.05) is 0 Å². The van der Waals surface area contributed by atoms with Gasteiger partial charge in [0.15, 0.2) is 0 Å². The highest BCUT2D eigenvalue weighted by Crippen LogP contribution is 2.33. The molecule has 0 radical (unpaired) electrons. The van der Waals surface area contributed by atoms with E-state index in [2.05, 4.69) is 4.98 Å². The molecule has 0 saturated carbocycles. The smallest absolute Gasteiger partial charge is 0.408 e. The zero-order valence-electron chi connectivity index (χ0n) is 10.2. The summed E-state index contributed by atoms with van der Waals surface area (Å²) >= 11 is 0. The predicted molar refractivity (Wildman–Crippen MR) is 67.7 cm³/mol. The van der Waals surface area contributed by atoms with Crippen molar-refractivity contribution in [3.63, 3.8) is 0 Å². The number of fused-ring (bicyclic) bond motifs is 2. The van der Waals surface area contributed by atoms with E-state index in [9.17, 15) is 9.59 Å². The van der Waals surface area contributed by atoms with Crippen LogP contribution in [0.5, 0.6) is 0 Å². The topological polar surface area (TPSA) is 99.8 Å². The number of nitrogen functional groups attached to an aromatic ring is 1. The van der Waals surface area contributed by atoms with Crippen molar-refractivity contribution in [2.45, 2.75) is 24.9 Å². The Hall–Kier alpha value is -2.31. The van der Waals surface area contributed by atoms with Gasteiger partial charge in [-0.25, -0.2) is 9.78 Å². The minimum absolute atomic E-state index is 0.127. The number of piperazine rings is 1. The lowest BCUT2D eigenvalue weighted by Crippen LogP contribution is -2.59. The third kappa shape index (κ3) is 1.78. The quantitative estimate of drug-likeness (QED) is 0.768. The first-order chi connectivity index (χ1) is 9.08. The van der Waals surface area contributed by atoms with Gasteiger partial charge in [-0.05, 0) is 25.0 Å². The number of pyridine rings is 1. The van der Waals surface area contributed by atoms with Crippen molar-refractivity contribution in [2.75, 3.05) is 17.2 Å². The van der Waals surface area contributed by atoms with Gasteiger partial charge in [0.05, 0.1) is 17.9 Å². The van der Waals surface area contributed by atoms with Crippen molar-refractivity contribution in [1.29, 1.82) is 0 Å². The lowest BCUT2D eigenvalue weighted by molar-refractivity contribution is -0.124. The van der Waals surface area contributed by atoms with Crippen LogP contribution >= 0.6 is 0 Å². The van der Waals surface area contributed by atoms with E-state index in [1.807, 2.05) is 0 Å². The second-order valence-corrected chi connectivity index (χ2v) is 4.83.